The first kappa shape index (κ1) is 23.4. The molecule has 2 aromatic carbocycles. The zero-order chi connectivity index (χ0) is 24.4. The predicted molar refractivity (Wildman–Crippen MR) is 129 cm³/mol. The van der Waals surface area contributed by atoms with E-state index in [0.29, 0.717) is 57.2 Å². The number of benzene rings is 2. The summed E-state index contributed by atoms with van der Waals surface area (Å²) in [6, 6.07) is 13.9. The minimum absolute atomic E-state index is 0.103. The van der Waals surface area contributed by atoms with Crippen LogP contribution in [-0.2, 0) is 27.9 Å². The number of fused-ring (bicyclic) bond motifs is 1. The molecule has 0 N–H and O–H groups in total. The van der Waals surface area contributed by atoms with Crippen molar-refractivity contribution in [3.8, 4) is 11.5 Å². The van der Waals surface area contributed by atoms with Gasteiger partial charge in [-0.25, -0.2) is 8.42 Å². The second-order valence-electron chi connectivity index (χ2n) is 8.81. The standard InChI is InChI=1S/C25H28N4O5S/c1-27(16-20-15-26-28(18-20)17-19-6-3-2-4-7-19)25(30)22-8-5-11-29(22)35(31,32)21-9-10-23-24(14-21)34-13-12-33-23/h2-4,6-7,9-10,14-15,18,22H,5,8,11-13,16-17H2,1H3. The summed E-state index contributed by atoms with van der Waals surface area (Å²) in [6.45, 7) is 2.09. The molecule has 1 amide bonds. The van der Waals surface area contributed by atoms with Crippen molar-refractivity contribution in [3.05, 3.63) is 72.1 Å². The second kappa shape index (κ2) is 9.71. The van der Waals surface area contributed by atoms with Gasteiger partial charge in [0.2, 0.25) is 15.9 Å². The van der Waals surface area contributed by atoms with Crippen molar-refractivity contribution in [2.75, 3.05) is 26.8 Å². The van der Waals surface area contributed by atoms with Gasteiger partial charge in [-0.1, -0.05) is 30.3 Å². The summed E-state index contributed by atoms with van der Waals surface area (Å²) >= 11 is 0. The highest BCUT2D eigenvalue weighted by atomic mass is 32.2. The Labute approximate surface area is 204 Å². The third-order valence-electron chi connectivity index (χ3n) is 6.28. The third kappa shape index (κ3) is 4.89. The van der Waals surface area contributed by atoms with Crippen LogP contribution in [0.2, 0.25) is 0 Å². The fourth-order valence-corrected chi connectivity index (χ4v) is 6.21. The number of rotatable bonds is 7. The maximum absolute atomic E-state index is 13.4. The molecule has 9 nitrogen and oxygen atoms in total. The van der Waals surface area contributed by atoms with Crippen molar-refractivity contribution in [1.29, 1.82) is 0 Å². The van der Waals surface area contributed by atoms with Crippen LogP contribution in [0.3, 0.4) is 0 Å². The summed E-state index contributed by atoms with van der Waals surface area (Å²) in [4.78, 5) is 15.0. The molecule has 0 aliphatic carbocycles. The number of amides is 1. The van der Waals surface area contributed by atoms with E-state index in [1.54, 1.807) is 24.2 Å². The van der Waals surface area contributed by atoms with Crippen LogP contribution in [0.15, 0.2) is 65.8 Å². The van der Waals surface area contributed by atoms with E-state index in [2.05, 4.69) is 5.10 Å². The van der Waals surface area contributed by atoms with E-state index in [-0.39, 0.29) is 10.8 Å². The van der Waals surface area contributed by atoms with Crippen LogP contribution in [0.4, 0.5) is 0 Å². The lowest BCUT2D eigenvalue weighted by molar-refractivity contribution is -0.133. The van der Waals surface area contributed by atoms with Gasteiger partial charge in [0.1, 0.15) is 19.3 Å². The smallest absolute Gasteiger partial charge is 0.243 e. The molecule has 5 rings (SSSR count). The lowest BCUT2D eigenvalue weighted by Gasteiger charge is -2.28. The number of ether oxygens (including phenoxy) is 2. The quantitative estimate of drug-likeness (QED) is 0.499. The highest BCUT2D eigenvalue weighted by Gasteiger charge is 2.41. The molecule has 0 radical (unpaired) electrons. The van der Waals surface area contributed by atoms with Crippen LogP contribution in [0.1, 0.15) is 24.0 Å². The summed E-state index contributed by atoms with van der Waals surface area (Å²) in [6.07, 6.45) is 4.77. The zero-order valence-corrected chi connectivity index (χ0v) is 20.4. The molecule has 1 fully saturated rings. The number of hydrogen-bond donors (Lipinski definition) is 0. The Morgan fingerprint density at radius 1 is 1.09 bits per heavy atom. The number of likely N-dealkylation sites (N-methyl/N-ethyl adjacent to an activating group) is 1. The molecule has 1 unspecified atom stereocenters. The molecule has 2 aliphatic heterocycles. The van der Waals surface area contributed by atoms with Crippen molar-refractivity contribution in [2.45, 2.75) is 36.9 Å². The first-order chi connectivity index (χ1) is 16.9. The Hall–Kier alpha value is -3.37. The Morgan fingerprint density at radius 3 is 2.66 bits per heavy atom. The first-order valence-corrected chi connectivity index (χ1v) is 13.1. The van der Waals surface area contributed by atoms with Crippen LogP contribution in [0, 0.1) is 0 Å². The van der Waals surface area contributed by atoms with E-state index in [1.165, 1.54) is 16.4 Å². The van der Waals surface area contributed by atoms with Gasteiger partial charge in [0, 0.05) is 38.0 Å². The molecule has 35 heavy (non-hydrogen) atoms. The largest absolute Gasteiger partial charge is 0.486 e. The third-order valence-corrected chi connectivity index (χ3v) is 8.18. The molecular weight excluding hydrogens is 468 g/mol. The SMILES string of the molecule is CN(Cc1cnn(Cc2ccccc2)c1)C(=O)C1CCCN1S(=O)(=O)c1ccc2c(c1)OCCO2. The van der Waals surface area contributed by atoms with Gasteiger partial charge in [-0.15, -0.1) is 0 Å². The summed E-state index contributed by atoms with van der Waals surface area (Å²) < 4.78 is 41.1. The molecule has 1 saturated heterocycles. The lowest BCUT2D eigenvalue weighted by Crippen LogP contribution is -2.46. The molecule has 0 saturated carbocycles. The van der Waals surface area contributed by atoms with Crippen LogP contribution >= 0.6 is 0 Å². The maximum atomic E-state index is 13.4. The molecule has 0 bridgehead atoms. The number of aromatic nitrogens is 2. The van der Waals surface area contributed by atoms with Gasteiger partial charge in [-0.05, 0) is 30.5 Å². The monoisotopic (exact) mass is 496 g/mol. The van der Waals surface area contributed by atoms with Gasteiger partial charge in [0.15, 0.2) is 11.5 Å². The normalized spacial score (nSPS) is 17.9. The Kier molecular flexibility index (Phi) is 6.48. The Morgan fingerprint density at radius 2 is 1.86 bits per heavy atom. The minimum Gasteiger partial charge on any atom is -0.486 e. The van der Waals surface area contributed by atoms with E-state index < -0.39 is 16.1 Å². The van der Waals surface area contributed by atoms with E-state index in [0.717, 1.165) is 11.1 Å². The van der Waals surface area contributed by atoms with Gasteiger partial charge >= 0.3 is 0 Å². The summed E-state index contributed by atoms with van der Waals surface area (Å²) in [7, 11) is -2.17. The summed E-state index contributed by atoms with van der Waals surface area (Å²) in [5.74, 6) is 0.709. The van der Waals surface area contributed by atoms with Crippen molar-refractivity contribution < 1.29 is 22.7 Å². The van der Waals surface area contributed by atoms with Gasteiger partial charge in [-0.3, -0.25) is 9.48 Å². The van der Waals surface area contributed by atoms with E-state index in [4.69, 9.17) is 9.47 Å². The average Bonchev–Trinajstić information content (AvgIpc) is 3.54. The van der Waals surface area contributed by atoms with Crippen molar-refractivity contribution in [2.24, 2.45) is 0 Å². The van der Waals surface area contributed by atoms with E-state index >= 15 is 0 Å². The molecule has 3 heterocycles. The lowest BCUT2D eigenvalue weighted by atomic mass is 10.2. The van der Waals surface area contributed by atoms with Crippen LogP contribution in [-0.4, -0.2) is 66.2 Å². The predicted octanol–water partition coefficient (Wildman–Crippen LogP) is 2.51. The molecule has 184 valence electrons. The second-order valence-corrected chi connectivity index (χ2v) is 10.7. The fraction of sp³-hybridized carbons (Fsp3) is 0.360. The van der Waals surface area contributed by atoms with Crippen LogP contribution in [0.25, 0.3) is 0 Å². The molecule has 1 atom stereocenters. The van der Waals surface area contributed by atoms with Crippen molar-refractivity contribution >= 4 is 15.9 Å². The fourth-order valence-electron chi connectivity index (χ4n) is 4.55. The van der Waals surface area contributed by atoms with E-state index in [9.17, 15) is 13.2 Å². The molecule has 0 spiro atoms. The van der Waals surface area contributed by atoms with Crippen LogP contribution in [0.5, 0.6) is 11.5 Å². The van der Waals surface area contributed by atoms with Gasteiger partial charge < -0.3 is 14.4 Å². The number of carbonyl (C=O) groups excluding carboxylic acids is 1. The van der Waals surface area contributed by atoms with Gasteiger partial charge in [0.25, 0.3) is 0 Å². The molecule has 10 heteroatoms. The highest BCUT2D eigenvalue weighted by molar-refractivity contribution is 7.89. The Bertz CT molecular complexity index is 1310. The van der Waals surface area contributed by atoms with Crippen LogP contribution < -0.4 is 9.47 Å². The van der Waals surface area contributed by atoms with Gasteiger partial charge in [0.05, 0.1) is 17.6 Å². The number of hydrogen-bond acceptors (Lipinski definition) is 6. The van der Waals surface area contributed by atoms with Crippen molar-refractivity contribution in [3.63, 3.8) is 0 Å². The van der Waals surface area contributed by atoms with E-state index in [1.807, 2.05) is 41.2 Å². The first-order valence-electron chi connectivity index (χ1n) is 11.6. The average molecular weight is 497 g/mol. The summed E-state index contributed by atoms with van der Waals surface area (Å²) in [5, 5.41) is 4.40. The zero-order valence-electron chi connectivity index (χ0n) is 19.5. The van der Waals surface area contributed by atoms with Crippen molar-refractivity contribution in [1.82, 2.24) is 19.0 Å². The number of nitrogens with zero attached hydrogens (tertiary/aromatic N) is 4. The Balaban J connectivity index is 1.27. The van der Waals surface area contributed by atoms with Gasteiger partial charge in [-0.2, -0.15) is 9.40 Å². The maximum Gasteiger partial charge on any atom is 0.243 e. The molecule has 2 aliphatic rings. The molecule has 3 aromatic rings. The molecular formula is C25H28N4O5S. The number of sulfonamides is 1. The molecule has 1 aromatic heterocycles. The number of carbonyl (C=O) groups is 1. The minimum atomic E-state index is -3.87. The topological polar surface area (TPSA) is 94.0 Å². The highest BCUT2D eigenvalue weighted by Crippen LogP contribution is 2.35. The summed E-state index contributed by atoms with van der Waals surface area (Å²) in [5.41, 5.74) is 2.02.